The molecular weight excluding hydrogens is 1080 g/mol. The third kappa shape index (κ3) is 9.80. The van der Waals surface area contributed by atoms with Gasteiger partial charge in [-0.25, -0.2) is 14.8 Å². The van der Waals surface area contributed by atoms with Crippen LogP contribution in [0.25, 0.3) is 42.9 Å². The molecule has 4 aromatic heterocycles. The van der Waals surface area contributed by atoms with Crippen molar-refractivity contribution in [2.75, 3.05) is 16.9 Å². The van der Waals surface area contributed by atoms with Crippen LogP contribution in [0, 0.1) is 0 Å². The van der Waals surface area contributed by atoms with Gasteiger partial charge in [0, 0.05) is 83.4 Å². The van der Waals surface area contributed by atoms with Gasteiger partial charge in [0.25, 0.3) is 0 Å². The van der Waals surface area contributed by atoms with E-state index in [1.54, 1.807) is 28.7 Å². The van der Waals surface area contributed by atoms with Crippen molar-refractivity contribution in [3.63, 3.8) is 0 Å². The van der Waals surface area contributed by atoms with Crippen LogP contribution in [0.1, 0.15) is 127 Å². The van der Waals surface area contributed by atoms with Crippen molar-refractivity contribution in [1.29, 1.82) is 0 Å². The molecule has 6 aliphatic rings. The Morgan fingerprint density at radius 3 is 1.49 bits per heavy atom. The molecule has 2 aliphatic carbocycles. The maximum absolute atomic E-state index is 12.0. The maximum Gasteiger partial charge on any atom is 0.337 e. The summed E-state index contributed by atoms with van der Waals surface area (Å²) < 4.78 is 18.8. The lowest BCUT2D eigenvalue weighted by molar-refractivity contribution is 0.0601. The molecule has 3 N–H and O–H groups in total. The topological polar surface area (TPSA) is 155 Å². The number of methoxy groups -OCH3 is 1. The number of aliphatic hydroxyl groups is 1. The molecule has 19 heteroatoms. The van der Waals surface area contributed by atoms with Crippen molar-refractivity contribution in [2.24, 2.45) is 0 Å². The SMILES string of the molecule is COC(=O)c1ccc2nc(N3C4CCC3CC(NCc3c(-c5c(Cl)cccc5Cl)noc3C3CC3)C4)sc2c1.OCc1ccc2nc(N3C4CCC3CC(NCc3c(-c5c(Cl)cccc5Cl)noc3C3CC3)C4)sc2c1. The Bertz CT molecular complexity index is 3410. The first-order valence-corrected chi connectivity index (χ1v) is 29.6. The van der Waals surface area contributed by atoms with E-state index >= 15 is 0 Å². The number of aromatic nitrogens is 4. The summed E-state index contributed by atoms with van der Waals surface area (Å²) in [6.07, 6.45) is 13.5. The van der Waals surface area contributed by atoms with Crippen molar-refractivity contribution in [2.45, 2.75) is 145 Å². The van der Waals surface area contributed by atoms with Gasteiger partial charge in [0.15, 0.2) is 10.3 Å². The minimum Gasteiger partial charge on any atom is -0.465 e. The third-order valence-corrected chi connectivity index (χ3v) is 19.7. The van der Waals surface area contributed by atoms with Gasteiger partial charge >= 0.3 is 5.97 Å². The number of carbonyl (C=O) groups is 1. The average molecular weight is 1140 g/mol. The zero-order valence-corrected chi connectivity index (χ0v) is 46.4. The second-order valence-corrected chi connectivity index (χ2v) is 24.9. The van der Waals surface area contributed by atoms with Crippen molar-refractivity contribution < 1.29 is 23.7 Å². The fourth-order valence-electron chi connectivity index (χ4n) is 12.4. The van der Waals surface area contributed by atoms with Gasteiger partial charge in [-0.15, -0.1) is 0 Å². The number of halogens is 4. The van der Waals surface area contributed by atoms with Gasteiger partial charge in [-0.2, -0.15) is 0 Å². The van der Waals surface area contributed by atoms with E-state index in [9.17, 15) is 9.90 Å². The molecule has 0 radical (unpaired) electrons. The lowest BCUT2D eigenvalue weighted by Gasteiger charge is -2.39. The monoisotopic (exact) mass is 1140 g/mol. The summed E-state index contributed by atoms with van der Waals surface area (Å²) in [5.74, 6) is 2.51. The normalized spacial score (nSPS) is 22.9. The summed E-state index contributed by atoms with van der Waals surface area (Å²) in [7, 11) is 1.41. The molecule has 0 amide bonds. The average Bonchev–Trinajstić information content (AvgIpc) is 4.20. The molecule has 4 unspecified atom stereocenters. The molecule has 4 saturated heterocycles. The number of anilines is 2. The Hall–Kier alpha value is -4.81. The third-order valence-electron chi connectivity index (χ3n) is 16.4. The van der Waals surface area contributed by atoms with Crippen LogP contribution in [0.5, 0.6) is 0 Å². The van der Waals surface area contributed by atoms with Crippen molar-refractivity contribution in [3.8, 4) is 22.5 Å². The number of nitrogens with zero attached hydrogens (tertiary/aromatic N) is 6. The van der Waals surface area contributed by atoms with Crippen molar-refractivity contribution >= 4 is 106 Å². The number of esters is 1. The summed E-state index contributed by atoms with van der Waals surface area (Å²) in [5, 5.41) is 30.6. The van der Waals surface area contributed by atoms with Gasteiger partial charge in [0.2, 0.25) is 0 Å². The molecule has 8 aromatic rings. The fraction of sp³-hybridized carbons (Fsp3) is 0.421. The standard InChI is InChI=1S/C29H28Cl2N4O3S.C28H28Cl2N4O2S/c1-37-28(36)16-7-10-23-24(11-16)39-29(33-23)35-18-8-9-19(35)13-17(12-18)32-14-20-26(34-38-27(20)15-5-6-15)25-21(30)3-2-4-22(25)31;29-21-2-1-3-22(30)25(21)26-20(27(36-33-26)16-5-6-16)13-31-17-11-18-7-8-19(12-17)34(18)28-32-23-9-4-15(14-35)10-24(23)37-28/h2-4,7,10-11,15,17-19,32H,5-6,8-9,12-14H2,1H3;1-4,9-10,16-19,31,35H,5-8,11-14H2. The number of ether oxygens (including phenoxy) is 1. The maximum atomic E-state index is 12.0. The van der Waals surface area contributed by atoms with Crippen molar-refractivity contribution in [3.05, 3.63) is 127 Å². The molecule has 14 rings (SSSR count). The number of fused-ring (bicyclic) bond motifs is 6. The van der Waals surface area contributed by atoms with Crippen LogP contribution in [-0.2, 0) is 24.4 Å². The van der Waals surface area contributed by atoms with Crippen molar-refractivity contribution in [1.82, 2.24) is 30.9 Å². The summed E-state index contributed by atoms with van der Waals surface area (Å²) >= 11 is 29.6. The smallest absolute Gasteiger partial charge is 0.337 e. The Kier molecular flexibility index (Phi) is 14.1. The number of hydrogen-bond donors (Lipinski definition) is 3. The first-order valence-electron chi connectivity index (χ1n) is 26.5. The minimum atomic E-state index is -0.323. The van der Waals surface area contributed by atoms with E-state index in [0.717, 1.165) is 146 Å². The lowest BCUT2D eigenvalue weighted by Crippen LogP contribution is -2.49. The van der Waals surface area contributed by atoms with Crippen LogP contribution in [-0.4, -0.2) is 74.7 Å². The van der Waals surface area contributed by atoms with Crippen LogP contribution < -0.4 is 20.4 Å². The summed E-state index contributed by atoms with van der Waals surface area (Å²) in [6, 6.07) is 25.4. The number of hydrogen-bond acceptors (Lipinski definition) is 15. The summed E-state index contributed by atoms with van der Waals surface area (Å²) in [6.45, 7) is 1.43. The molecule has 4 aliphatic heterocycles. The number of benzene rings is 4. The highest BCUT2D eigenvalue weighted by Gasteiger charge is 2.44. The van der Waals surface area contributed by atoms with E-state index in [1.165, 1.54) is 20.0 Å². The highest BCUT2D eigenvalue weighted by molar-refractivity contribution is 7.22. The lowest BCUT2D eigenvalue weighted by atomic mass is 9.97. The number of carbonyl (C=O) groups excluding carboxylic acids is 1. The predicted octanol–water partition coefficient (Wildman–Crippen LogP) is 14.1. The predicted molar refractivity (Wildman–Crippen MR) is 303 cm³/mol. The summed E-state index contributed by atoms with van der Waals surface area (Å²) in [5.41, 5.74) is 8.63. The second kappa shape index (κ2) is 21.1. The van der Waals surface area contributed by atoms with Crippen LogP contribution in [0.2, 0.25) is 20.1 Å². The van der Waals surface area contributed by atoms with Gasteiger partial charge in [-0.1, -0.05) is 97.6 Å². The molecule has 76 heavy (non-hydrogen) atoms. The molecular formula is C57H56Cl4N8O5S2. The molecule has 0 spiro atoms. The number of piperidine rings is 2. The van der Waals surface area contributed by atoms with Gasteiger partial charge in [-0.05, 0) is 137 Å². The van der Waals surface area contributed by atoms with E-state index < -0.39 is 0 Å². The second-order valence-electron chi connectivity index (χ2n) is 21.3. The van der Waals surface area contributed by atoms with E-state index in [1.807, 2.05) is 60.7 Å². The molecule has 2 saturated carbocycles. The molecule has 8 heterocycles. The largest absolute Gasteiger partial charge is 0.465 e. The van der Waals surface area contributed by atoms with E-state index in [4.69, 9.17) is 70.2 Å². The number of thiazole rings is 2. The Morgan fingerprint density at radius 2 is 1.07 bits per heavy atom. The molecule has 394 valence electrons. The number of nitrogens with one attached hydrogen (secondary N) is 2. The molecule has 4 aromatic carbocycles. The first-order chi connectivity index (χ1) is 37.1. The van der Waals surface area contributed by atoms with Gasteiger partial charge in [0.1, 0.15) is 22.9 Å². The molecule has 13 nitrogen and oxygen atoms in total. The first kappa shape index (κ1) is 50.7. The number of rotatable bonds is 14. The van der Waals surface area contributed by atoms with Gasteiger partial charge < -0.3 is 39.3 Å². The van der Waals surface area contributed by atoms with Crippen LogP contribution in [0.15, 0.2) is 81.8 Å². The Balaban J connectivity index is 0.000000146. The van der Waals surface area contributed by atoms with E-state index in [2.05, 4.69) is 36.8 Å². The van der Waals surface area contributed by atoms with E-state index in [-0.39, 0.29) is 12.6 Å². The zero-order chi connectivity index (χ0) is 51.8. The van der Waals surface area contributed by atoms with Gasteiger partial charge in [0.05, 0.1) is 59.8 Å². The quantitative estimate of drug-likeness (QED) is 0.0886. The molecule has 6 fully saturated rings. The fourth-order valence-corrected chi connectivity index (χ4v) is 15.9. The Labute approximate surface area is 468 Å². The highest BCUT2D eigenvalue weighted by Crippen LogP contribution is 2.49. The van der Waals surface area contributed by atoms with Crippen LogP contribution in [0.4, 0.5) is 10.3 Å². The molecule has 4 atom stereocenters. The van der Waals surface area contributed by atoms with E-state index in [0.29, 0.717) is 86.8 Å². The molecule has 4 bridgehead atoms. The van der Waals surface area contributed by atoms with Gasteiger partial charge in [-0.3, -0.25) is 0 Å². The van der Waals surface area contributed by atoms with Crippen LogP contribution >= 0.6 is 69.1 Å². The summed E-state index contributed by atoms with van der Waals surface area (Å²) in [4.78, 5) is 27.0. The minimum absolute atomic E-state index is 0.0600. The zero-order valence-electron chi connectivity index (χ0n) is 41.7. The van der Waals surface area contributed by atoms with Crippen LogP contribution in [0.3, 0.4) is 0 Å². The Morgan fingerprint density at radius 1 is 0.632 bits per heavy atom. The number of aliphatic hydroxyl groups excluding tert-OH is 1. The highest BCUT2D eigenvalue weighted by atomic mass is 35.5.